The number of quaternary nitrogens is 1. The Morgan fingerprint density at radius 2 is 1.25 bits per heavy atom. The number of ether oxygens (including phenoxy) is 3. The van der Waals surface area contributed by atoms with Crippen LogP contribution in [0.5, 0.6) is 0 Å². The van der Waals surface area contributed by atoms with Crippen LogP contribution < -0.4 is 4.89 Å². The number of furan rings is 1. The van der Waals surface area contributed by atoms with Gasteiger partial charge in [0.25, 0.3) is 7.82 Å². The number of nitrogens with zero attached hydrogens (tertiary/aromatic N) is 1. The summed E-state index contributed by atoms with van der Waals surface area (Å²) in [6.45, 7) is 8.36. The number of esters is 2. The van der Waals surface area contributed by atoms with Crippen molar-refractivity contribution in [3.8, 4) is 0 Å². The Hall–Kier alpha value is -2.53. The number of aryl methyl sites for hydroxylation is 2. The van der Waals surface area contributed by atoms with Crippen molar-refractivity contribution in [1.82, 2.24) is 0 Å². The number of hydrogen-bond acceptors (Lipinski definition) is 10. The maximum Gasteiger partial charge on any atom is 0.306 e. The Balaban J connectivity index is 1.67. The highest BCUT2D eigenvalue weighted by Gasteiger charge is 2.36. The van der Waals surface area contributed by atoms with E-state index in [9.17, 15) is 19.0 Å². The predicted molar refractivity (Wildman–Crippen MR) is 239 cm³/mol. The summed E-state index contributed by atoms with van der Waals surface area (Å²) in [5.74, 6) is 1.32. The van der Waals surface area contributed by atoms with Crippen LogP contribution in [0.15, 0.2) is 40.9 Å². The van der Waals surface area contributed by atoms with E-state index >= 15 is 0 Å². The molecule has 0 saturated carbocycles. The number of phosphoric ester groups is 1. The molecule has 0 amide bonds. The van der Waals surface area contributed by atoms with Gasteiger partial charge in [0.1, 0.15) is 31.3 Å². The van der Waals surface area contributed by atoms with Crippen molar-refractivity contribution in [3.63, 3.8) is 0 Å². The van der Waals surface area contributed by atoms with E-state index in [1.165, 1.54) is 49.7 Å². The number of epoxide rings is 1. The first-order chi connectivity index (χ1) is 28.7. The quantitative estimate of drug-likeness (QED) is 0.0159. The molecule has 4 atom stereocenters. The van der Waals surface area contributed by atoms with Crippen molar-refractivity contribution in [2.45, 2.75) is 187 Å². The zero-order valence-corrected chi connectivity index (χ0v) is 39.5. The summed E-state index contributed by atoms with van der Waals surface area (Å²) in [4.78, 5) is 37.7. The molecule has 0 radical (unpaired) electrons. The Bertz CT molecular complexity index is 1460. The Labute approximate surface area is 363 Å². The van der Waals surface area contributed by atoms with Gasteiger partial charge >= 0.3 is 11.9 Å². The van der Waals surface area contributed by atoms with Crippen molar-refractivity contribution in [3.05, 3.63) is 59.1 Å². The molecular weight excluding hydrogens is 781 g/mol. The van der Waals surface area contributed by atoms with E-state index < -0.39 is 32.5 Å². The van der Waals surface area contributed by atoms with E-state index in [0.717, 1.165) is 88.6 Å². The topological polar surface area (TPSA) is 137 Å². The SMILES string of the molecule is CCCCC/C=C\CC1OC1C/C=C\C/C=C\CCCC(=O)OC[C@H](COP(=O)([O-])OCC[N+](C)(C)C)OC(=O)CCCCCCCCc1oc(CCCCC)c(C)c1C. The molecule has 60 heavy (non-hydrogen) atoms. The van der Waals surface area contributed by atoms with Crippen LogP contribution >= 0.6 is 7.82 Å². The van der Waals surface area contributed by atoms with Gasteiger partial charge in [0, 0.05) is 25.7 Å². The fourth-order valence-corrected chi connectivity index (χ4v) is 7.42. The van der Waals surface area contributed by atoms with Gasteiger partial charge in [0.2, 0.25) is 0 Å². The second-order valence-corrected chi connectivity index (χ2v) is 18.8. The zero-order chi connectivity index (χ0) is 44.1. The summed E-state index contributed by atoms with van der Waals surface area (Å²) in [6.07, 6.45) is 33.3. The molecule has 3 unspecified atom stereocenters. The molecule has 1 aromatic rings. The van der Waals surface area contributed by atoms with Crippen LogP contribution in [0, 0.1) is 13.8 Å². The van der Waals surface area contributed by atoms with Crippen LogP contribution in [0.2, 0.25) is 0 Å². The lowest BCUT2D eigenvalue weighted by Gasteiger charge is -2.28. The lowest BCUT2D eigenvalue weighted by Crippen LogP contribution is -2.37. The van der Waals surface area contributed by atoms with Gasteiger partial charge in [-0.15, -0.1) is 0 Å². The second-order valence-electron chi connectivity index (χ2n) is 17.4. The van der Waals surface area contributed by atoms with Crippen molar-refractivity contribution >= 4 is 19.8 Å². The van der Waals surface area contributed by atoms with Crippen LogP contribution in [0.25, 0.3) is 0 Å². The Morgan fingerprint density at radius 3 is 1.92 bits per heavy atom. The molecule has 2 rings (SSSR count). The highest BCUT2D eigenvalue weighted by atomic mass is 31.2. The van der Waals surface area contributed by atoms with Crippen LogP contribution in [0.3, 0.4) is 0 Å². The average molecular weight is 864 g/mol. The first-order valence-electron chi connectivity index (χ1n) is 23.2. The normalized spacial score (nSPS) is 17.2. The van der Waals surface area contributed by atoms with Crippen molar-refractivity contribution in [2.24, 2.45) is 0 Å². The highest BCUT2D eigenvalue weighted by molar-refractivity contribution is 7.45. The molecule has 2 heterocycles. The van der Waals surface area contributed by atoms with E-state index in [1.54, 1.807) is 0 Å². The number of rotatable bonds is 37. The van der Waals surface area contributed by atoms with Crippen molar-refractivity contribution < 1.29 is 51.2 Å². The molecule has 0 aliphatic carbocycles. The van der Waals surface area contributed by atoms with Crippen LogP contribution in [-0.4, -0.2) is 82.2 Å². The molecule has 11 nitrogen and oxygen atoms in total. The van der Waals surface area contributed by atoms with E-state index in [4.69, 9.17) is 27.7 Å². The van der Waals surface area contributed by atoms with Gasteiger partial charge in [0.05, 0.1) is 40.0 Å². The van der Waals surface area contributed by atoms with Gasteiger partial charge in [-0.3, -0.25) is 14.2 Å². The monoisotopic (exact) mass is 864 g/mol. The van der Waals surface area contributed by atoms with E-state index in [0.29, 0.717) is 36.1 Å². The maximum atomic E-state index is 12.8. The maximum absolute atomic E-state index is 12.8. The zero-order valence-electron chi connectivity index (χ0n) is 38.6. The van der Waals surface area contributed by atoms with Gasteiger partial charge in [-0.1, -0.05) is 102 Å². The molecule has 0 bridgehead atoms. The third-order valence-electron chi connectivity index (χ3n) is 10.8. The summed E-state index contributed by atoms with van der Waals surface area (Å²) >= 11 is 0. The number of unbranched alkanes of at least 4 members (excludes halogenated alkanes) is 11. The molecule has 0 aromatic carbocycles. The van der Waals surface area contributed by atoms with Gasteiger partial charge in [-0.05, 0) is 89.2 Å². The molecule has 1 aliphatic rings. The number of carbonyl (C=O) groups excluding carboxylic acids is 2. The average Bonchev–Trinajstić information content (AvgIpc) is 3.89. The third kappa shape index (κ3) is 26.7. The summed E-state index contributed by atoms with van der Waals surface area (Å²) in [7, 11) is 1.10. The highest BCUT2D eigenvalue weighted by Crippen LogP contribution is 2.38. The largest absolute Gasteiger partial charge is 0.756 e. The third-order valence-corrected chi connectivity index (χ3v) is 11.7. The van der Waals surface area contributed by atoms with Crippen molar-refractivity contribution in [1.29, 1.82) is 0 Å². The van der Waals surface area contributed by atoms with Crippen LogP contribution in [0.1, 0.15) is 165 Å². The Kier molecular flexibility index (Phi) is 28.0. The predicted octanol–water partition coefficient (Wildman–Crippen LogP) is 10.9. The molecule has 12 heteroatoms. The minimum atomic E-state index is -4.66. The standard InChI is InChI=1S/C48H82NO10P/c1-8-10-12-13-19-26-32-45-46(59-45)33-27-21-15-14-16-22-28-34-47(50)54-38-42(39-56-60(52,53)55-37-36-49(5,6)7)57-48(51)35-29-23-18-17-20-25-31-44-41(4)40(3)43(58-44)30-24-11-9-2/h14,16,19,21,26-27,42,45-46H,8-13,15,17-18,20,22-25,28-39H2,1-7H3/b16-14-,26-19-,27-21-/t42-,45?,46?/m1/s1. The summed E-state index contributed by atoms with van der Waals surface area (Å²) in [6, 6.07) is 0. The molecule has 1 saturated heterocycles. The summed E-state index contributed by atoms with van der Waals surface area (Å²) in [5, 5.41) is 0. The fourth-order valence-electron chi connectivity index (χ4n) is 6.69. The second kappa shape index (κ2) is 31.3. The van der Waals surface area contributed by atoms with Crippen molar-refractivity contribution in [2.75, 3.05) is 47.5 Å². The van der Waals surface area contributed by atoms with E-state index in [1.807, 2.05) is 27.2 Å². The lowest BCUT2D eigenvalue weighted by molar-refractivity contribution is -0.870. The van der Waals surface area contributed by atoms with Gasteiger partial charge in [-0.25, -0.2) is 0 Å². The Morgan fingerprint density at radius 1 is 0.700 bits per heavy atom. The smallest absolute Gasteiger partial charge is 0.306 e. The number of hydrogen-bond donors (Lipinski definition) is 0. The molecule has 1 aromatic heterocycles. The minimum absolute atomic E-state index is 0.0517. The first kappa shape index (κ1) is 53.6. The molecule has 0 spiro atoms. The molecule has 1 fully saturated rings. The van der Waals surface area contributed by atoms with Gasteiger partial charge in [0.15, 0.2) is 6.10 Å². The summed E-state index contributed by atoms with van der Waals surface area (Å²) in [5.41, 5.74) is 2.59. The number of phosphoric acid groups is 1. The first-order valence-corrected chi connectivity index (χ1v) is 24.6. The molecule has 0 N–H and O–H groups in total. The molecular formula is C48H82NO10P. The van der Waals surface area contributed by atoms with Crippen LogP contribution in [0.4, 0.5) is 0 Å². The number of allylic oxidation sites excluding steroid dienone is 4. The summed E-state index contributed by atoms with van der Waals surface area (Å²) < 4.78 is 45.9. The van der Waals surface area contributed by atoms with E-state index in [-0.39, 0.29) is 26.1 Å². The van der Waals surface area contributed by atoms with E-state index in [2.05, 4.69) is 58.1 Å². The number of likely N-dealkylation sites (N-methyl/N-ethyl adjacent to an activating group) is 1. The molecule has 344 valence electrons. The van der Waals surface area contributed by atoms with Gasteiger partial charge < -0.3 is 37.1 Å². The molecule has 1 aliphatic heterocycles. The van der Waals surface area contributed by atoms with Gasteiger partial charge in [-0.2, -0.15) is 0 Å². The number of carbonyl (C=O) groups is 2. The minimum Gasteiger partial charge on any atom is -0.756 e. The lowest BCUT2D eigenvalue weighted by atomic mass is 10.0. The van der Waals surface area contributed by atoms with Crippen LogP contribution in [-0.2, 0) is 50.3 Å². The fraction of sp³-hybridized carbons (Fsp3) is 0.750.